The molecule has 0 radical (unpaired) electrons. The summed E-state index contributed by atoms with van der Waals surface area (Å²) in [4.78, 5) is 8.53. The van der Waals surface area contributed by atoms with Gasteiger partial charge in [-0.3, -0.25) is 0 Å². The first-order chi connectivity index (χ1) is 9.67. The number of likely N-dealkylation sites (N-methyl/N-ethyl adjacent to an activating group) is 1. The van der Waals surface area contributed by atoms with Gasteiger partial charge in [0.25, 0.3) is 0 Å². The number of thiazole rings is 1. The van der Waals surface area contributed by atoms with E-state index in [1.807, 2.05) is 11.3 Å². The Bertz CT molecular complexity index is 381. The van der Waals surface area contributed by atoms with Crippen LogP contribution in [0.4, 0.5) is 5.13 Å². The normalized spacial score (nSPS) is 12.7. The van der Waals surface area contributed by atoms with Crippen LogP contribution < -0.4 is 10.2 Å². The van der Waals surface area contributed by atoms with Gasteiger partial charge < -0.3 is 15.0 Å². The summed E-state index contributed by atoms with van der Waals surface area (Å²) >= 11 is 1.82. The van der Waals surface area contributed by atoms with Gasteiger partial charge in [0.1, 0.15) is 0 Å². The Morgan fingerprint density at radius 2 is 2.10 bits per heavy atom. The van der Waals surface area contributed by atoms with Crippen LogP contribution >= 0.6 is 11.3 Å². The molecule has 0 aliphatic heterocycles. The molecule has 116 valence electrons. The third-order valence-corrected chi connectivity index (χ3v) is 4.48. The fourth-order valence-corrected chi connectivity index (χ4v) is 3.54. The molecule has 4 nitrogen and oxygen atoms in total. The van der Waals surface area contributed by atoms with Crippen molar-refractivity contribution in [2.75, 3.05) is 31.7 Å². The number of nitrogens with one attached hydrogen (secondary N) is 1. The van der Waals surface area contributed by atoms with Crippen molar-refractivity contribution in [3.63, 3.8) is 0 Å². The maximum atomic E-state index is 5.27. The van der Waals surface area contributed by atoms with E-state index in [4.69, 9.17) is 9.72 Å². The highest BCUT2D eigenvalue weighted by molar-refractivity contribution is 7.15. The lowest BCUT2D eigenvalue weighted by Crippen LogP contribution is -2.36. The highest BCUT2D eigenvalue weighted by Gasteiger charge is 2.18. The Morgan fingerprint density at radius 1 is 1.35 bits per heavy atom. The maximum Gasteiger partial charge on any atom is 0.186 e. The topological polar surface area (TPSA) is 37.4 Å². The zero-order valence-electron chi connectivity index (χ0n) is 13.5. The van der Waals surface area contributed by atoms with Crippen molar-refractivity contribution in [1.29, 1.82) is 0 Å². The Balaban J connectivity index is 2.82. The van der Waals surface area contributed by atoms with Crippen molar-refractivity contribution in [2.45, 2.75) is 53.1 Å². The van der Waals surface area contributed by atoms with Crippen LogP contribution in [-0.2, 0) is 17.7 Å². The number of hydrogen-bond acceptors (Lipinski definition) is 5. The molecule has 0 amide bonds. The van der Waals surface area contributed by atoms with E-state index < -0.39 is 0 Å². The van der Waals surface area contributed by atoms with Crippen LogP contribution in [0.1, 0.15) is 44.7 Å². The molecule has 0 saturated carbocycles. The van der Waals surface area contributed by atoms with E-state index in [0.29, 0.717) is 6.04 Å². The van der Waals surface area contributed by atoms with Crippen LogP contribution in [0, 0.1) is 0 Å². The Hall–Kier alpha value is -0.650. The van der Waals surface area contributed by atoms with E-state index in [1.54, 1.807) is 7.11 Å². The second-order valence-corrected chi connectivity index (χ2v) is 6.05. The lowest BCUT2D eigenvalue weighted by atomic mass is 10.3. The van der Waals surface area contributed by atoms with Crippen LogP contribution in [0.3, 0.4) is 0 Å². The number of rotatable bonds is 10. The van der Waals surface area contributed by atoms with Crippen molar-refractivity contribution in [3.05, 3.63) is 10.6 Å². The summed E-state index contributed by atoms with van der Waals surface area (Å²) in [5.74, 6) is 0. The number of aryl methyl sites for hydroxylation is 1. The minimum Gasteiger partial charge on any atom is -0.383 e. The SMILES string of the molecule is CCCNCc1sc(N(CC)C(C)COC)nc1CC. The predicted molar refractivity (Wildman–Crippen MR) is 87.8 cm³/mol. The monoisotopic (exact) mass is 299 g/mol. The summed E-state index contributed by atoms with van der Waals surface area (Å²) in [5, 5.41) is 4.60. The van der Waals surface area contributed by atoms with Gasteiger partial charge in [-0.05, 0) is 33.2 Å². The molecule has 1 atom stereocenters. The Kier molecular flexibility index (Phi) is 8.11. The average Bonchev–Trinajstić information content (AvgIpc) is 2.83. The fraction of sp³-hybridized carbons (Fsp3) is 0.800. The predicted octanol–water partition coefficient (Wildman–Crippen LogP) is 3.07. The molecule has 1 aromatic rings. The summed E-state index contributed by atoms with van der Waals surface area (Å²) in [6.45, 7) is 12.4. The highest BCUT2D eigenvalue weighted by Crippen LogP contribution is 2.28. The van der Waals surface area contributed by atoms with Gasteiger partial charge in [0, 0.05) is 25.1 Å². The summed E-state index contributed by atoms with van der Waals surface area (Å²) in [6.07, 6.45) is 2.16. The molecular weight excluding hydrogens is 270 g/mol. The first kappa shape index (κ1) is 17.4. The number of anilines is 1. The standard InChI is InChI=1S/C15H29N3OS/c1-6-9-16-10-14-13(7-2)17-15(20-14)18(8-3)12(4)11-19-5/h12,16H,6-11H2,1-5H3. The molecule has 0 bridgehead atoms. The van der Waals surface area contributed by atoms with Crippen molar-refractivity contribution < 1.29 is 4.74 Å². The van der Waals surface area contributed by atoms with Crippen LogP contribution in [0.5, 0.6) is 0 Å². The molecule has 0 aliphatic rings. The van der Waals surface area contributed by atoms with Crippen molar-refractivity contribution >= 4 is 16.5 Å². The quantitative estimate of drug-likeness (QED) is 0.674. The van der Waals surface area contributed by atoms with E-state index in [9.17, 15) is 0 Å². The lowest BCUT2D eigenvalue weighted by molar-refractivity contribution is 0.182. The number of hydrogen-bond donors (Lipinski definition) is 1. The van der Waals surface area contributed by atoms with E-state index >= 15 is 0 Å². The van der Waals surface area contributed by atoms with Crippen molar-refractivity contribution in [1.82, 2.24) is 10.3 Å². The lowest BCUT2D eigenvalue weighted by Gasteiger charge is -2.26. The van der Waals surface area contributed by atoms with Crippen LogP contribution in [0.2, 0.25) is 0 Å². The van der Waals surface area contributed by atoms with Gasteiger partial charge in [0.2, 0.25) is 0 Å². The van der Waals surface area contributed by atoms with Gasteiger partial charge in [-0.1, -0.05) is 13.8 Å². The van der Waals surface area contributed by atoms with E-state index in [-0.39, 0.29) is 0 Å². The van der Waals surface area contributed by atoms with Gasteiger partial charge in [0.15, 0.2) is 5.13 Å². The fourth-order valence-electron chi connectivity index (χ4n) is 2.25. The Morgan fingerprint density at radius 3 is 2.65 bits per heavy atom. The molecule has 0 aromatic carbocycles. The second-order valence-electron chi connectivity index (χ2n) is 4.99. The van der Waals surface area contributed by atoms with E-state index in [1.165, 1.54) is 17.0 Å². The molecule has 20 heavy (non-hydrogen) atoms. The van der Waals surface area contributed by atoms with Gasteiger partial charge >= 0.3 is 0 Å². The smallest absolute Gasteiger partial charge is 0.186 e. The van der Waals surface area contributed by atoms with Crippen molar-refractivity contribution in [2.24, 2.45) is 0 Å². The maximum absolute atomic E-state index is 5.27. The van der Waals surface area contributed by atoms with Gasteiger partial charge in [-0.25, -0.2) is 4.98 Å². The largest absolute Gasteiger partial charge is 0.383 e. The minimum absolute atomic E-state index is 0.359. The van der Waals surface area contributed by atoms with Crippen LogP contribution in [-0.4, -0.2) is 37.8 Å². The van der Waals surface area contributed by atoms with Gasteiger partial charge in [-0.2, -0.15) is 0 Å². The third-order valence-electron chi connectivity index (χ3n) is 3.34. The first-order valence-electron chi connectivity index (χ1n) is 7.62. The average molecular weight is 299 g/mol. The summed E-state index contributed by atoms with van der Waals surface area (Å²) < 4.78 is 5.27. The van der Waals surface area contributed by atoms with Gasteiger partial charge in [0.05, 0.1) is 18.3 Å². The van der Waals surface area contributed by atoms with E-state index in [0.717, 1.165) is 37.8 Å². The number of aromatic nitrogens is 1. The number of methoxy groups -OCH3 is 1. The van der Waals surface area contributed by atoms with Crippen LogP contribution in [0.15, 0.2) is 0 Å². The molecular formula is C15H29N3OS. The van der Waals surface area contributed by atoms with Crippen LogP contribution in [0.25, 0.3) is 0 Å². The summed E-state index contributed by atoms with van der Waals surface area (Å²) in [6, 6.07) is 0.359. The first-order valence-corrected chi connectivity index (χ1v) is 8.44. The summed E-state index contributed by atoms with van der Waals surface area (Å²) in [7, 11) is 1.75. The zero-order valence-corrected chi connectivity index (χ0v) is 14.3. The molecule has 0 aliphatic carbocycles. The third kappa shape index (κ3) is 4.72. The summed E-state index contributed by atoms with van der Waals surface area (Å²) in [5.41, 5.74) is 1.23. The number of ether oxygens (including phenoxy) is 1. The molecule has 0 saturated heterocycles. The van der Waals surface area contributed by atoms with E-state index in [2.05, 4.69) is 37.9 Å². The van der Waals surface area contributed by atoms with Gasteiger partial charge in [-0.15, -0.1) is 11.3 Å². The molecule has 1 heterocycles. The molecule has 1 aromatic heterocycles. The highest BCUT2D eigenvalue weighted by atomic mass is 32.1. The molecule has 5 heteroatoms. The number of nitrogens with zero attached hydrogens (tertiary/aromatic N) is 2. The Labute approximate surface area is 127 Å². The molecule has 0 fully saturated rings. The van der Waals surface area contributed by atoms with Crippen molar-refractivity contribution in [3.8, 4) is 0 Å². The zero-order chi connectivity index (χ0) is 15.0. The molecule has 1 N–H and O–H groups in total. The molecule has 1 rings (SSSR count). The molecule has 0 spiro atoms. The minimum atomic E-state index is 0.359. The molecule has 1 unspecified atom stereocenters. The second kappa shape index (κ2) is 9.32.